The molecule has 18 heavy (non-hydrogen) atoms. The maximum absolute atomic E-state index is 10.2. The smallest absolute Gasteiger partial charge is 0.174 e. The molecule has 1 fully saturated rings. The first kappa shape index (κ1) is 15.8. The first-order chi connectivity index (χ1) is 8.13. The number of rotatable bonds is 4. The molecule has 0 aromatic carbocycles. The van der Waals surface area contributed by atoms with Gasteiger partial charge in [-0.1, -0.05) is 31.3 Å². The van der Waals surface area contributed by atoms with Gasteiger partial charge in [0, 0.05) is 0 Å². The Bertz CT molecular complexity index is 325. The standard InChI is InChI=1S/C13H26O3Si2/c1-7-11(14)13(12(15)8-2)9-10-17(3,4)18(5,6)16-13/h7-8,11-12,14-15H,1-2,9-10H2,3-6H3. The van der Waals surface area contributed by atoms with E-state index in [4.69, 9.17) is 4.43 Å². The minimum Gasteiger partial charge on any atom is -0.409 e. The average molecular weight is 287 g/mol. The molecule has 0 saturated carbocycles. The SMILES string of the molecule is C=CC(O)C1(C(O)C=C)CC[Si](C)(C)[Si](C)(C)O1. The second-order valence-electron chi connectivity index (χ2n) is 6.31. The summed E-state index contributed by atoms with van der Waals surface area (Å²) in [6.07, 6.45) is 1.86. The van der Waals surface area contributed by atoms with Gasteiger partial charge < -0.3 is 14.6 Å². The molecule has 1 heterocycles. The van der Waals surface area contributed by atoms with Crippen molar-refractivity contribution in [2.75, 3.05) is 0 Å². The molecule has 1 rings (SSSR count). The zero-order valence-corrected chi connectivity index (χ0v) is 13.9. The van der Waals surface area contributed by atoms with Crippen LogP contribution in [0.15, 0.2) is 25.3 Å². The molecule has 1 saturated heterocycles. The zero-order chi connectivity index (χ0) is 14.2. The predicted molar refractivity (Wildman–Crippen MR) is 80.6 cm³/mol. The van der Waals surface area contributed by atoms with Crippen molar-refractivity contribution in [1.82, 2.24) is 0 Å². The van der Waals surface area contributed by atoms with E-state index in [1.807, 2.05) is 0 Å². The predicted octanol–water partition coefficient (Wildman–Crippen LogP) is 2.23. The molecule has 0 spiro atoms. The van der Waals surface area contributed by atoms with Gasteiger partial charge in [-0.3, -0.25) is 0 Å². The van der Waals surface area contributed by atoms with Gasteiger partial charge in [0.15, 0.2) is 7.83 Å². The second-order valence-corrected chi connectivity index (χ2v) is 21.5. The third-order valence-corrected chi connectivity index (χ3v) is 21.1. The fraction of sp³-hybridized carbons (Fsp3) is 0.692. The van der Waals surface area contributed by atoms with E-state index in [1.54, 1.807) is 0 Å². The molecule has 0 aromatic rings. The van der Waals surface area contributed by atoms with E-state index in [-0.39, 0.29) is 0 Å². The van der Waals surface area contributed by atoms with Crippen molar-refractivity contribution in [3.05, 3.63) is 25.3 Å². The summed E-state index contributed by atoms with van der Waals surface area (Å²) in [6.45, 7) is 16.3. The van der Waals surface area contributed by atoms with Gasteiger partial charge in [-0.15, -0.1) is 13.2 Å². The highest BCUT2D eigenvalue weighted by Crippen LogP contribution is 2.43. The lowest BCUT2D eigenvalue weighted by atomic mass is 9.87. The Morgan fingerprint density at radius 3 is 1.89 bits per heavy atom. The molecule has 2 N–H and O–H groups in total. The van der Waals surface area contributed by atoms with E-state index >= 15 is 0 Å². The Labute approximate surface area is 112 Å². The van der Waals surface area contributed by atoms with Gasteiger partial charge in [0.05, 0.1) is 7.59 Å². The van der Waals surface area contributed by atoms with Crippen LogP contribution in [0.2, 0.25) is 32.2 Å². The molecule has 3 nitrogen and oxygen atoms in total. The van der Waals surface area contributed by atoms with Crippen molar-refractivity contribution in [3.63, 3.8) is 0 Å². The Morgan fingerprint density at radius 2 is 1.56 bits per heavy atom. The average Bonchev–Trinajstić information content (AvgIpc) is 2.30. The van der Waals surface area contributed by atoms with Crippen LogP contribution in [0, 0.1) is 0 Å². The molecule has 2 unspecified atom stereocenters. The molecule has 0 aliphatic carbocycles. The van der Waals surface area contributed by atoms with E-state index < -0.39 is 33.2 Å². The number of hydrogen-bond donors (Lipinski definition) is 2. The van der Waals surface area contributed by atoms with E-state index in [0.29, 0.717) is 6.42 Å². The lowest BCUT2D eigenvalue weighted by Crippen LogP contribution is -2.70. The van der Waals surface area contributed by atoms with Crippen molar-refractivity contribution < 1.29 is 14.6 Å². The van der Waals surface area contributed by atoms with Crippen molar-refractivity contribution >= 4 is 15.4 Å². The van der Waals surface area contributed by atoms with Crippen LogP contribution in [0.5, 0.6) is 0 Å². The molecule has 2 atom stereocenters. The number of hydrogen-bond acceptors (Lipinski definition) is 3. The minimum absolute atomic E-state index is 0.670. The molecule has 0 radical (unpaired) electrons. The third kappa shape index (κ3) is 2.42. The van der Waals surface area contributed by atoms with E-state index in [1.165, 1.54) is 12.2 Å². The lowest BCUT2D eigenvalue weighted by Gasteiger charge is -2.54. The van der Waals surface area contributed by atoms with Gasteiger partial charge in [0.1, 0.15) is 17.8 Å². The summed E-state index contributed by atoms with van der Waals surface area (Å²) in [7, 11) is -3.29. The Kier molecular flexibility index (Phi) is 4.45. The van der Waals surface area contributed by atoms with E-state index in [0.717, 1.165) is 6.04 Å². The van der Waals surface area contributed by atoms with Crippen LogP contribution in [0.4, 0.5) is 0 Å². The fourth-order valence-electron chi connectivity index (χ4n) is 2.46. The summed E-state index contributed by atoms with van der Waals surface area (Å²) < 4.78 is 6.34. The highest BCUT2D eigenvalue weighted by Gasteiger charge is 2.57. The Hall–Kier alpha value is -0.206. The third-order valence-electron chi connectivity index (χ3n) is 4.66. The Balaban J connectivity index is 3.17. The van der Waals surface area contributed by atoms with Gasteiger partial charge in [-0.2, -0.15) is 0 Å². The quantitative estimate of drug-likeness (QED) is 0.615. The lowest BCUT2D eigenvalue weighted by molar-refractivity contribution is -0.104. The molecule has 5 heteroatoms. The topological polar surface area (TPSA) is 49.7 Å². The van der Waals surface area contributed by atoms with Crippen molar-refractivity contribution in [1.29, 1.82) is 0 Å². The molecule has 0 bridgehead atoms. The molecular weight excluding hydrogens is 260 g/mol. The molecule has 1 aliphatic heterocycles. The summed E-state index contributed by atoms with van der Waals surface area (Å²) in [5.41, 5.74) is -0.943. The maximum atomic E-state index is 10.2. The highest BCUT2D eigenvalue weighted by molar-refractivity contribution is 7.38. The molecule has 0 amide bonds. The summed E-state index contributed by atoms with van der Waals surface area (Å²) in [5, 5.41) is 20.4. The monoisotopic (exact) mass is 286 g/mol. The second kappa shape index (κ2) is 5.05. The zero-order valence-electron chi connectivity index (χ0n) is 11.9. The van der Waals surface area contributed by atoms with Crippen LogP contribution in [-0.2, 0) is 4.43 Å². The minimum atomic E-state index is -1.89. The summed E-state index contributed by atoms with van der Waals surface area (Å²) in [4.78, 5) is 0. The van der Waals surface area contributed by atoms with Gasteiger partial charge in [-0.05, 0) is 19.5 Å². The molecule has 104 valence electrons. The van der Waals surface area contributed by atoms with Crippen LogP contribution < -0.4 is 0 Å². The molecule has 1 aliphatic rings. The summed E-state index contributed by atoms with van der Waals surface area (Å²) in [5.74, 6) is 0. The summed E-state index contributed by atoms with van der Waals surface area (Å²) >= 11 is 0. The maximum Gasteiger partial charge on any atom is 0.174 e. The van der Waals surface area contributed by atoms with E-state index in [9.17, 15) is 10.2 Å². The first-order valence-electron chi connectivity index (χ1n) is 6.44. The fourth-order valence-corrected chi connectivity index (χ4v) is 9.23. The van der Waals surface area contributed by atoms with Crippen LogP contribution in [0.3, 0.4) is 0 Å². The molecule has 0 aromatic heterocycles. The van der Waals surface area contributed by atoms with Crippen LogP contribution in [-0.4, -0.2) is 43.4 Å². The van der Waals surface area contributed by atoms with Gasteiger partial charge in [0.2, 0.25) is 0 Å². The van der Waals surface area contributed by atoms with Crippen molar-refractivity contribution in [2.45, 2.75) is 56.5 Å². The first-order valence-corrected chi connectivity index (χ1v) is 13.6. The van der Waals surface area contributed by atoms with Gasteiger partial charge in [-0.25, -0.2) is 0 Å². The van der Waals surface area contributed by atoms with Crippen LogP contribution in [0.1, 0.15) is 6.42 Å². The van der Waals surface area contributed by atoms with Crippen LogP contribution in [0.25, 0.3) is 0 Å². The summed E-state index contributed by atoms with van der Waals surface area (Å²) in [6, 6.07) is 1.06. The number of aliphatic hydroxyl groups excluding tert-OH is 2. The molecular formula is C13H26O3Si2. The largest absolute Gasteiger partial charge is 0.409 e. The van der Waals surface area contributed by atoms with Gasteiger partial charge in [0.25, 0.3) is 0 Å². The normalized spacial score (nSPS) is 33.4. The number of aliphatic hydroxyl groups is 2. The Morgan fingerprint density at radius 1 is 1.11 bits per heavy atom. The van der Waals surface area contributed by atoms with Crippen molar-refractivity contribution in [2.24, 2.45) is 0 Å². The van der Waals surface area contributed by atoms with E-state index in [2.05, 4.69) is 39.3 Å². The van der Waals surface area contributed by atoms with Crippen LogP contribution >= 0.6 is 0 Å². The van der Waals surface area contributed by atoms with Gasteiger partial charge >= 0.3 is 0 Å². The highest BCUT2D eigenvalue weighted by atomic mass is 29.3. The van der Waals surface area contributed by atoms with Crippen molar-refractivity contribution in [3.8, 4) is 0 Å².